The molecule has 27 heavy (non-hydrogen) atoms. The highest BCUT2D eigenvalue weighted by Gasteiger charge is 2.39. The molecule has 0 bridgehead atoms. The normalized spacial score (nSPS) is 24.3. The van der Waals surface area contributed by atoms with Gasteiger partial charge in [-0.05, 0) is 43.2 Å². The van der Waals surface area contributed by atoms with Crippen molar-refractivity contribution in [3.8, 4) is 0 Å². The molecule has 3 heterocycles. The Morgan fingerprint density at radius 3 is 2.48 bits per heavy atom. The number of anilines is 1. The quantitative estimate of drug-likeness (QED) is 0.861. The molecule has 0 spiro atoms. The summed E-state index contributed by atoms with van der Waals surface area (Å²) in [6.45, 7) is 3.00. The highest BCUT2D eigenvalue weighted by Crippen LogP contribution is 2.28. The first-order chi connectivity index (χ1) is 13.0. The van der Waals surface area contributed by atoms with Gasteiger partial charge in [0.1, 0.15) is 18.0 Å². The van der Waals surface area contributed by atoms with Gasteiger partial charge in [0.2, 0.25) is 0 Å². The fourth-order valence-corrected chi connectivity index (χ4v) is 3.93. The molecule has 2 amide bonds. The number of carbonyl (C=O) groups excluding carboxylic acids is 2. The number of hydrogen-bond acceptors (Lipinski definition) is 5. The number of rotatable bonds is 3. The van der Waals surface area contributed by atoms with Crippen molar-refractivity contribution < 1.29 is 14.3 Å². The number of carbonyl (C=O) groups is 2. The molecule has 1 aromatic rings. The number of ether oxygens (including phenoxy) is 1. The third-order valence-corrected chi connectivity index (χ3v) is 5.40. The van der Waals surface area contributed by atoms with Gasteiger partial charge in [-0.3, -0.25) is 9.59 Å². The Morgan fingerprint density at radius 1 is 1.11 bits per heavy atom. The van der Waals surface area contributed by atoms with Crippen molar-refractivity contribution >= 4 is 17.5 Å². The van der Waals surface area contributed by atoms with Crippen LogP contribution in [0.3, 0.4) is 0 Å². The van der Waals surface area contributed by atoms with E-state index in [2.05, 4.69) is 10.2 Å². The van der Waals surface area contributed by atoms with Gasteiger partial charge < -0.3 is 24.8 Å². The van der Waals surface area contributed by atoms with Crippen LogP contribution < -0.4 is 10.2 Å². The van der Waals surface area contributed by atoms with Crippen molar-refractivity contribution in [2.45, 2.75) is 25.1 Å². The van der Waals surface area contributed by atoms with E-state index in [1.54, 1.807) is 19.0 Å². The third-order valence-electron chi connectivity index (χ3n) is 5.40. The number of morpholine rings is 1. The molecule has 7 heteroatoms. The first kappa shape index (κ1) is 17.9. The average Bonchev–Trinajstić information content (AvgIpc) is 3.36. The Labute approximate surface area is 159 Å². The monoisotopic (exact) mass is 370 g/mol. The summed E-state index contributed by atoms with van der Waals surface area (Å²) in [5.74, 6) is 0.0536. The van der Waals surface area contributed by atoms with E-state index >= 15 is 0 Å². The van der Waals surface area contributed by atoms with Gasteiger partial charge in [-0.2, -0.15) is 0 Å². The van der Waals surface area contributed by atoms with E-state index in [4.69, 9.17) is 4.74 Å². The van der Waals surface area contributed by atoms with E-state index in [-0.39, 0.29) is 24.1 Å². The molecule has 7 nitrogen and oxygen atoms in total. The number of benzene rings is 1. The summed E-state index contributed by atoms with van der Waals surface area (Å²) in [5.41, 5.74) is 2.31. The topological polar surface area (TPSA) is 65.1 Å². The highest BCUT2D eigenvalue weighted by atomic mass is 16.5. The maximum atomic E-state index is 12.7. The lowest BCUT2D eigenvalue weighted by molar-refractivity contribution is -0.126. The molecule has 4 rings (SSSR count). The summed E-state index contributed by atoms with van der Waals surface area (Å²) in [6, 6.07) is 7.61. The summed E-state index contributed by atoms with van der Waals surface area (Å²) < 4.78 is 5.88. The lowest BCUT2D eigenvalue weighted by Crippen LogP contribution is -2.55. The second-order valence-corrected chi connectivity index (χ2v) is 7.44. The van der Waals surface area contributed by atoms with Crippen LogP contribution in [0.1, 0.15) is 23.2 Å². The summed E-state index contributed by atoms with van der Waals surface area (Å²) in [6.07, 6.45) is 3.82. The van der Waals surface area contributed by atoms with Gasteiger partial charge >= 0.3 is 0 Å². The van der Waals surface area contributed by atoms with E-state index in [1.807, 2.05) is 35.2 Å². The van der Waals surface area contributed by atoms with Crippen LogP contribution in [0, 0.1) is 0 Å². The number of likely N-dealkylation sites (tertiary alicyclic amines) is 1. The summed E-state index contributed by atoms with van der Waals surface area (Å²) >= 11 is 0. The molecule has 3 aliphatic rings. The van der Waals surface area contributed by atoms with Gasteiger partial charge in [0.05, 0.1) is 6.61 Å². The molecule has 2 unspecified atom stereocenters. The Hall–Kier alpha value is -2.54. The Bertz CT molecular complexity index is 753. The van der Waals surface area contributed by atoms with E-state index in [0.717, 1.165) is 38.2 Å². The maximum absolute atomic E-state index is 12.7. The zero-order valence-electron chi connectivity index (χ0n) is 15.9. The lowest BCUT2D eigenvalue weighted by Gasteiger charge is -2.39. The lowest BCUT2D eigenvalue weighted by atomic mass is 10.1. The first-order valence-corrected chi connectivity index (χ1v) is 9.52. The Kier molecular flexibility index (Phi) is 4.78. The van der Waals surface area contributed by atoms with Gasteiger partial charge in [-0.25, -0.2) is 0 Å². The minimum absolute atomic E-state index is 0.0134. The molecule has 0 aromatic heterocycles. The predicted octanol–water partition coefficient (Wildman–Crippen LogP) is 1.03. The van der Waals surface area contributed by atoms with Crippen molar-refractivity contribution in [3.63, 3.8) is 0 Å². The van der Waals surface area contributed by atoms with Crippen LogP contribution >= 0.6 is 0 Å². The second kappa shape index (κ2) is 7.23. The standard InChI is InChI=1S/C20H26N4O3/c1-22(2)19(25)14-5-7-15(8-6-14)24-11-12-27-17-13-16(21-18(17)24)20(26)23-9-3-4-10-23/h5-8,13,17-18,21H,3-4,9-12H2,1-2H3. The van der Waals surface area contributed by atoms with E-state index in [0.29, 0.717) is 17.9 Å². The molecule has 0 radical (unpaired) electrons. The number of amides is 2. The largest absolute Gasteiger partial charge is 0.368 e. The van der Waals surface area contributed by atoms with Crippen molar-refractivity contribution in [2.75, 3.05) is 45.2 Å². The predicted molar refractivity (Wildman–Crippen MR) is 102 cm³/mol. The van der Waals surface area contributed by atoms with Crippen LogP contribution in [-0.4, -0.2) is 74.2 Å². The molecule has 1 aromatic carbocycles. The zero-order valence-corrected chi connectivity index (χ0v) is 15.9. The van der Waals surface area contributed by atoms with E-state index in [9.17, 15) is 9.59 Å². The van der Waals surface area contributed by atoms with Crippen LogP contribution in [-0.2, 0) is 9.53 Å². The van der Waals surface area contributed by atoms with Crippen LogP contribution in [0.25, 0.3) is 0 Å². The molecule has 2 atom stereocenters. The fourth-order valence-electron chi connectivity index (χ4n) is 3.93. The molecule has 2 saturated heterocycles. The third kappa shape index (κ3) is 3.39. The highest BCUT2D eigenvalue weighted by molar-refractivity contribution is 5.94. The van der Waals surface area contributed by atoms with Crippen LogP contribution in [0.5, 0.6) is 0 Å². The summed E-state index contributed by atoms with van der Waals surface area (Å²) in [7, 11) is 3.49. The molecule has 0 saturated carbocycles. The summed E-state index contributed by atoms with van der Waals surface area (Å²) in [5, 5.41) is 3.37. The van der Waals surface area contributed by atoms with Gasteiger partial charge in [0.25, 0.3) is 11.8 Å². The smallest absolute Gasteiger partial charge is 0.269 e. The molecule has 2 fully saturated rings. The first-order valence-electron chi connectivity index (χ1n) is 9.52. The van der Waals surface area contributed by atoms with Crippen molar-refractivity contribution in [2.24, 2.45) is 0 Å². The SMILES string of the molecule is CN(C)C(=O)c1ccc(N2CCOC3C=C(C(=O)N4CCCC4)NC32)cc1. The number of nitrogens with zero attached hydrogens (tertiary/aromatic N) is 3. The van der Waals surface area contributed by atoms with Gasteiger partial charge in [0, 0.05) is 45.0 Å². The minimum atomic E-state index is -0.150. The van der Waals surface area contributed by atoms with Crippen LogP contribution in [0.2, 0.25) is 0 Å². The summed E-state index contributed by atoms with van der Waals surface area (Å²) in [4.78, 5) is 30.5. The Balaban J connectivity index is 1.49. The molecule has 3 aliphatic heterocycles. The van der Waals surface area contributed by atoms with Crippen LogP contribution in [0.4, 0.5) is 5.69 Å². The van der Waals surface area contributed by atoms with Gasteiger partial charge in [-0.1, -0.05) is 0 Å². The fraction of sp³-hybridized carbons (Fsp3) is 0.500. The molecule has 0 aliphatic carbocycles. The van der Waals surface area contributed by atoms with Crippen molar-refractivity contribution in [1.82, 2.24) is 15.1 Å². The zero-order chi connectivity index (χ0) is 19.0. The molecular formula is C20H26N4O3. The second-order valence-electron chi connectivity index (χ2n) is 7.44. The maximum Gasteiger partial charge on any atom is 0.269 e. The number of fused-ring (bicyclic) bond motifs is 1. The van der Waals surface area contributed by atoms with Crippen molar-refractivity contribution in [3.05, 3.63) is 41.6 Å². The molecular weight excluding hydrogens is 344 g/mol. The Morgan fingerprint density at radius 2 is 1.81 bits per heavy atom. The van der Waals surface area contributed by atoms with E-state index in [1.165, 1.54) is 0 Å². The van der Waals surface area contributed by atoms with Gasteiger partial charge in [0.15, 0.2) is 0 Å². The average molecular weight is 370 g/mol. The minimum Gasteiger partial charge on any atom is -0.368 e. The number of nitrogens with one attached hydrogen (secondary N) is 1. The van der Waals surface area contributed by atoms with Gasteiger partial charge in [-0.15, -0.1) is 0 Å². The molecule has 144 valence electrons. The van der Waals surface area contributed by atoms with E-state index < -0.39 is 0 Å². The van der Waals surface area contributed by atoms with Crippen molar-refractivity contribution in [1.29, 1.82) is 0 Å². The van der Waals surface area contributed by atoms with Crippen LogP contribution in [0.15, 0.2) is 36.0 Å². The molecule has 1 N–H and O–H groups in total. The number of hydrogen-bond donors (Lipinski definition) is 1.